The summed E-state index contributed by atoms with van der Waals surface area (Å²) in [5.74, 6) is 0. The molecule has 9 heteroatoms. The number of nitrogens with one attached hydrogen (secondary N) is 1. The molecule has 0 saturated carbocycles. The maximum atomic E-state index is 11.0. The molecule has 112 valence electrons. The monoisotopic (exact) mass is 301 g/mol. The predicted molar refractivity (Wildman–Crippen MR) is 79.9 cm³/mol. The van der Waals surface area contributed by atoms with Crippen molar-refractivity contribution in [2.75, 3.05) is 5.43 Å². The molecule has 2 rings (SSSR count). The summed E-state index contributed by atoms with van der Waals surface area (Å²) in [7, 11) is 0. The van der Waals surface area contributed by atoms with Gasteiger partial charge in [0.05, 0.1) is 22.1 Å². The summed E-state index contributed by atoms with van der Waals surface area (Å²) >= 11 is 0. The molecule has 0 aliphatic carbocycles. The van der Waals surface area contributed by atoms with E-state index in [2.05, 4.69) is 15.5 Å². The van der Waals surface area contributed by atoms with E-state index < -0.39 is 15.5 Å². The number of aromatic nitrogens is 1. The Labute approximate surface area is 124 Å². The zero-order chi connectivity index (χ0) is 16.1. The van der Waals surface area contributed by atoms with Crippen molar-refractivity contribution in [3.8, 4) is 0 Å². The van der Waals surface area contributed by atoms with Crippen LogP contribution >= 0.6 is 0 Å². The van der Waals surface area contributed by atoms with Crippen LogP contribution < -0.4 is 5.43 Å². The van der Waals surface area contributed by atoms with E-state index in [1.807, 2.05) is 6.92 Å². The van der Waals surface area contributed by atoms with Crippen LogP contribution in [-0.4, -0.2) is 21.0 Å². The first-order valence-electron chi connectivity index (χ1n) is 6.11. The van der Waals surface area contributed by atoms with Gasteiger partial charge in [-0.1, -0.05) is 0 Å². The molecule has 0 bridgehead atoms. The maximum Gasteiger partial charge on any atom is 0.301 e. The van der Waals surface area contributed by atoms with Gasteiger partial charge in [0.25, 0.3) is 5.69 Å². The molecule has 0 unspecified atom stereocenters. The van der Waals surface area contributed by atoms with Crippen molar-refractivity contribution in [1.29, 1.82) is 0 Å². The highest BCUT2D eigenvalue weighted by molar-refractivity contribution is 5.82. The quantitative estimate of drug-likeness (QED) is 0.514. The molecule has 0 aliphatic rings. The first kappa shape index (κ1) is 15.0. The third-order valence-electron chi connectivity index (χ3n) is 2.86. The van der Waals surface area contributed by atoms with E-state index in [1.165, 1.54) is 18.3 Å². The number of nitro groups is 2. The number of hydrogen-bond acceptors (Lipinski definition) is 7. The topological polar surface area (TPSA) is 124 Å². The molecular formula is C13H11N5O4. The molecule has 1 N–H and O–H groups in total. The lowest BCUT2D eigenvalue weighted by molar-refractivity contribution is -0.393. The third kappa shape index (κ3) is 3.39. The minimum Gasteiger partial charge on any atom is -0.272 e. The van der Waals surface area contributed by atoms with Crippen LogP contribution in [0.15, 0.2) is 41.8 Å². The van der Waals surface area contributed by atoms with Crippen LogP contribution in [0.4, 0.5) is 17.1 Å². The van der Waals surface area contributed by atoms with Gasteiger partial charge in [0.2, 0.25) is 0 Å². The molecule has 0 fully saturated rings. The summed E-state index contributed by atoms with van der Waals surface area (Å²) in [6.07, 6.45) is 4.71. The van der Waals surface area contributed by atoms with E-state index in [0.717, 1.165) is 17.2 Å². The van der Waals surface area contributed by atoms with Gasteiger partial charge in [-0.25, -0.2) is 0 Å². The number of hydrazone groups is 1. The molecule has 0 spiro atoms. The summed E-state index contributed by atoms with van der Waals surface area (Å²) in [4.78, 5) is 24.2. The van der Waals surface area contributed by atoms with Crippen molar-refractivity contribution in [3.05, 3.63) is 68.0 Å². The Hall–Kier alpha value is -3.36. The average Bonchev–Trinajstić information content (AvgIpc) is 2.49. The molecular weight excluding hydrogens is 290 g/mol. The summed E-state index contributed by atoms with van der Waals surface area (Å²) in [6.45, 7) is 1.87. The van der Waals surface area contributed by atoms with Gasteiger partial charge in [-0.05, 0) is 24.6 Å². The van der Waals surface area contributed by atoms with Crippen LogP contribution in [0.25, 0.3) is 0 Å². The molecule has 0 saturated heterocycles. The molecule has 1 aromatic heterocycles. The van der Waals surface area contributed by atoms with E-state index in [9.17, 15) is 20.2 Å². The van der Waals surface area contributed by atoms with Crippen LogP contribution in [0.5, 0.6) is 0 Å². The molecule has 0 atom stereocenters. The van der Waals surface area contributed by atoms with E-state index >= 15 is 0 Å². The first-order valence-corrected chi connectivity index (χ1v) is 6.11. The van der Waals surface area contributed by atoms with Gasteiger partial charge in [-0.2, -0.15) is 5.10 Å². The molecule has 0 amide bonds. The molecule has 1 heterocycles. The van der Waals surface area contributed by atoms with Gasteiger partial charge in [-0.3, -0.25) is 30.6 Å². The van der Waals surface area contributed by atoms with Crippen molar-refractivity contribution < 1.29 is 9.85 Å². The summed E-state index contributed by atoms with van der Waals surface area (Å²) in [5.41, 5.74) is 3.49. The highest BCUT2D eigenvalue weighted by atomic mass is 16.6. The number of rotatable bonds is 5. The van der Waals surface area contributed by atoms with Gasteiger partial charge in [-0.15, -0.1) is 0 Å². The third-order valence-corrected chi connectivity index (χ3v) is 2.86. The van der Waals surface area contributed by atoms with Crippen molar-refractivity contribution in [1.82, 2.24) is 4.98 Å². The van der Waals surface area contributed by atoms with E-state index in [0.29, 0.717) is 0 Å². The smallest absolute Gasteiger partial charge is 0.272 e. The van der Waals surface area contributed by atoms with E-state index in [1.54, 1.807) is 18.5 Å². The summed E-state index contributed by atoms with van der Waals surface area (Å²) in [5, 5.41) is 25.5. The Morgan fingerprint density at radius 2 is 2.00 bits per heavy atom. The summed E-state index contributed by atoms with van der Waals surface area (Å²) < 4.78 is 0. The fourth-order valence-corrected chi connectivity index (χ4v) is 1.66. The van der Waals surface area contributed by atoms with Crippen molar-refractivity contribution in [3.63, 3.8) is 0 Å². The Morgan fingerprint density at radius 3 is 2.64 bits per heavy atom. The molecule has 1 aromatic carbocycles. The lowest BCUT2D eigenvalue weighted by Crippen LogP contribution is -1.99. The second-order valence-corrected chi connectivity index (χ2v) is 4.32. The number of anilines is 1. The minimum atomic E-state index is -0.708. The van der Waals surface area contributed by atoms with Crippen LogP contribution in [-0.2, 0) is 0 Å². The molecule has 9 nitrogen and oxygen atoms in total. The van der Waals surface area contributed by atoms with Crippen LogP contribution in [0.3, 0.4) is 0 Å². The van der Waals surface area contributed by atoms with Crippen LogP contribution in [0.1, 0.15) is 11.1 Å². The maximum absolute atomic E-state index is 11.0. The van der Waals surface area contributed by atoms with Crippen molar-refractivity contribution in [2.45, 2.75) is 6.92 Å². The molecule has 22 heavy (non-hydrogen) atoms. The average molecular weight is 301 g/mol. The van der Waals surface area contributed by atoms with Crippen LogP contribution in [0.2, 0.25) is 0 Å². The lowest BCUT2D eigenvalue weighted by Gasteiger charge is -2.02. The van der Waals surface area contributed by atoms with Crippen molar-refractivity contribution in [2.24, 2.45) is 5.10 Å². The lowest BCUT2D eigenvalue weighted by atomic mass is 10.2. The Morgan fingerprint density at radius 1 is 1.23 bits per heavy atom. The number of pyridine rings is 1. The Bertz CT molecular complexity index is 760. The number of non-ortho nitro benzene ring substituents is 1. The van der Waals surface area contributed by atoms with E-state index in [-0.39, 0.29) is 11.4 Å². The fraction of sp³-hybridized carbons (Fsp3) is 0.0769. The second kappa shape index (κ2) is 6.39. The molecule has 0 radical (unpaired) electrons. The molecule has 2 aromatic rings. The standard InChI is InChI=1S/C13H11N5O4/c1-9-4-5-14-7-10(9)8-15-16-12-3-2-11(17(19)20)6-13(12)18(21)22/h2-8,16H,1H3/b15-8-. The Kier molecular flexibility index (Phi) is 4.37. The van der Waals surface area contributed by atoms with Gasteiger partial charge in [0.15, 0.2) is 0 Å². The SMILES string of the molecule is Cc1ccncc1/C=N\Nc1ccc([N+](=O)[O-])cc1[N+](=O)[O-]. The second-order valence-electron chi connectivity index (χ2n) is 4.32. The minimum absolute atomic E-state index is 0.0633. The van der Waals surface area contributed by atoms with Crippen LogP contribution in [0, 0.1) is 27.2 Å². The zero-order valence-electron chi connectivity index (χ0n) is 11.5. The molecule has 0 aliphatic heterocycles. The fourth-order valence-electron chi connectivity index (χ4n) is 1.66. The number of aryl methyl sites for hydroxylation is 1. The van der Waals surface area contributed by atoms with Gasteiger partial charge in [0, 0.05) is 24.0 Å². The van der Waals surface area contributed by atoms with Gasteiger partial charge < -0.3 is 0 Å². The number of benzene rings is 1. The van der Waals surface area contributed by atoms with Gasteiger partial charge in [0.1, 0.15) is 5.69 Å². The Balaban J connectivity index is 2.24. The number of nitro benzene ring substituents is 2. The number of nitrogens with zero attached hydrogens (tertiary/aromatic N) is 4. The zero-order valence-corrected chi connectivity index (χ0v) is 11.5. The number of hydrogen-bond donors (Lipinski definition) is 1. The highest BCUT2D eigenvalue weighted by Gasteiger charge is 2.18. The predicted octanol–water partition coefficient (Wildman–Crippen LogP) is 2.65. The van der Waals surface area contributed by atoms with E-state index in [4.69, 9.17) is 0 Å². The normalized spacial score (nSPS) is 10.6. The largest absolute Gasteiger partial charge is 0.301 e. The summed E-state index contributed by atoms with van der Waals surface area (Å²) in [6, 6.07) is 5.09. The van der Waals surface area contributed by atoms with Crippen molar-refractivity contribution >= 4 is 23.3 Å². The highest BCUT2D eigenvalue weighted by Crippen LogP contribution is 2.28. The first-order chi connectivity index (χ1) is 10.5. The van der Waals surface area contributed by atoms with Gasteiger partial charge >= 0.3 is 5.69 Å².